The lowest BCUT2D eigenvalue weighted by Gasteiger charge is -2.42. The SMILES string of the molecule is CC1(C)CCC(C)(C)c2cc(C3(C)CSc4ccc(C=O)cc43)ccc21. The van der Waals surface area contributed by atoms with Crippen LogP contribution in [0.25, 0.3) is 0 Å². The van der Waals surface area contributed by atoms with Crippen LogP contribution in [0.15, 0.2) is 41.3 Å². The van der Waals surface area contributed by atoms with Gasteiger partial charge < -0.3 is 0 Å². The van der Waals surface area contributed by atoms with Gasteiger partial charge in [0.1, 0.15) is 6.29 Å². The van der Waals surface area contributed by atoms with Gasteiger partial charge in [-0.1, -0.05) is 58.9 Å². The number of carbonyl (C=O) groups is 1. The number of hydrogen-bond acceptors (Lipinski definition) is 2. The summed E-state index contributed by atoms with van der Waals surface area (Å²) in [6, 6.07) is 13.3. The van der Waals surface area contributed by atoms with Gasteiger partial charge in [0.2, 0.25) is 0 Å². The van der Waals surface area contributed by atoms with E-state index < -0.39 is 0 Å². The predicted molar refractivity (Wildman–Crippen MR) is 111 cm³/mol. The van der Waals surface area contributed by atoms with Crippen LogP contribution in [0.5, 0.6) is 0 Å². The molecule has 0 fully saturated rings. The molecule has 1 aliphatic carbocycles. The average Bonchev–Trinajstić information content (AvgIpc) is 2.96. The molecule has 1 unspecified atom stereocenters. The topological polar surface area (TPSA) is 17.1 Å². The van der Waals surface area contributed by atoms with Gasteiger partial charge in [-0.15, -0.1) is 11.8 Å². The Balaban J connectivity index is 1.88. The fourth-order valence-electron chi connectivity index (χ4n) is 4.65. The molecule has 0 saturated carbocycles. The summed E-state index contributed by atoms with van der Waals surface area (Å²) in [7, 11) is 0. The maximum absolute atomic E-state index is 11.3. The lowest BCUT2D eigenvalue weighted by molar-refractivity contribution is 0.112. The standard InChI is InChI=1S/C24H28OS/c1-22(2)10-11-23(3,4)19-13-17(7-8-18(19)22)24(5)15-26-21-9-6-16(14-25)12-20(21)24/h6-9,12-14H,10-11,15H2,1-5H3. The molecule has 0 amide bonds. The third kappa shape index (κ3) is 2.57. The quantitative estimate of drug-likeness (QED) is 0.585. The predicted octanol–water partition coefficient (Wildman–Crippen LogP) is 6.26. The van der Waals surface area contributed by atoms with E-state index in [-0.39, 0.29) is 16.2 Å². The van der Waals surface area contributed by atoms with Gasteiger partial charge in [0.15, 0.2) is 0 Å². The van der Waals surface area contributed by atoms with Gasteiger partial charge in [0, 0.05) is 21.6 Å². The fourth-order valence-corrected chi connectivity index (χ4v) is 6.02. The summed E-state index contributed by atoms with van der Waals surface area (Å²) in [6.45, 7) is 11.9. The molecule has 2 aromatic carbocycles. The minimum Gasteiger partial charge on any atom is -0.298 e. The maximum atomic E-state index is 11.3. The molecule has 1 atom stereocenters. The Morgan fingerprint density at radius 3 is 2.23 bits per heavy atom. The number of hydrogen-bond donors (Lipinski definition) is 0. The Labute approximate surface area is 161 Å². The van der Waals surface area contributed by atoms with Gasteiger partial charge >= 0.3 is 0 Å². The Morgan fingerprint density at radius 2 is 1.54 bits per heavy atom. The molecule has 4 rings (SSSR count). The second-order valence-electron chi connectivity index (χ2n) is 9.52. The summed E-state index contributed by atoms with van der Waals surface area (Å²) in [5, 5.41) is 0. The molecule has 0 spiro atoms. The van der Waals surface area contributed by atoms with E-state index in [1.54, 1.807) is 0 Å². The largest absolute Gasteiger partial charge is 0.298 e. The molecule has 2 aliphatic rings. The highest BCUT2D eigenvalue weighted by molar-refractivity contribution is 7.99. The molecule has 0 saturated heterocycles. The summed E-state index contributed by atoms with van der Waals surface area (Å²) in [6.07, 6.45) is 3.43. The van der Waals surface area contributed by atoms with Gasteiger partial charge in [-0.05, 0) is 58.1 Å². The van der Waals surface area contributed by atoms with E-state index in [2.05, 4.69) is 65.0 Å². The first-order valence-corrected chi connectivity index (χ1v) is 10.5. The van der Waals surface area contributed by atoms with Crippen LogP contribution in [0.3, 0.4) is 0 Å². The minimum atomic E-state index is -0.0360. The first-order valence-electron chi connectivity index (χ1n) is 9.55. The highest BCUT2D eigenvalue weighted by Crippen LogP contribution is 2.51. The van der Waals surface area contributed by atoms with Crippen molar-refractivity contribution < 1.29 is 4.79 Å². The van der Waals surface area contributed by atoms with Crippen LogP contribution < -0.4 is 0 Å². The van der Waals surface area contributed by atoms with Crippen molar-refractivity contribution in [1.29, 1.82) is 0 Å². The van der Waals surface area contributed by atoms with Gasteiger partial charge in [-0.25, -0.2) is 0 Å². The molecule has 2 heteroatoms. The van der Waals surface area contributed by atoms with Crippen molar-refractivity contribution in [3.63, 3.8) is 0 Å². The van der Waals surface area contributed by atoms with Crippen molar-refractivity contribution in [3.8, 4) is 0 Å². The molecule has 0 N–H and O–H groups in total. The van der Waals surface area contributed by atoms with Crippen molar-refractivity contribution >= 4 is 18.0 Å². The second-order valence-corrected chi connectivity index (χ2v) is 10.5. The van der Waals surface area contributed by atoms with E-state index in [1.807, 2.05) is 17.8 Å². The molecule has 1 heterocycles. The normalized spacial score (nSPS) is 25.4. The highest BCUT2D eigenvalue weighted by atomic mass is 32.2. The second kappa shape index (κ2) is 5.73. The van der Waals surface area contributed by atoms with Crippen molar-refractivity contribution in [1.82, 2.24) is 0 Å². The van der Waals surface area contributed by atoms with Crippen LogP contribution in [0, 0.1) is 0 Å². The Bertz CT molecular complexity index is 893. The molecule has 0 bridgehead atoms. The third-order valence-electron chi connectivity index (χ3n) is 6.74. The maximum Gasteiger partial charge on any atom is 0.150 e. The minimum absolute atomic E-state index is 0.0360. The lowest BCUT2D eigenvalue weighted by Crippen LogP contribution is -2.35. The number of thioether (sulfide) groups is 1. The van der Waals surface area contributed by atoms with E-state index in [0.717, 1.165) is 17.6 Å². The fraction of sp³-hybridized carbons (Fsp3) is 0.458. The Kier molecular flexibility index (Phi) is 3.93. The van der Waals surface area contributed by atoms with Crippen molar-refractivity contribution in [2.75, 3.05) is 5.75 Å². The van der Waals surface area contributed by atoms with Crippen LogP contribution in [0.2, 0.25) is 0 Å². The number of benzene rings is 2. The Hall–Kier alpha value is -1.54. The van der Waals surface area contributed by atoms with Crippen LogP contribution in [0.4, 0.5) is 0 Å². The number of rotatable bonds is 2. The molecule has 1 aliphatic heterocycles. The summed E-state index contributed by atoms with van der Waals surface area (Å²) in [4.78, 5) is 12.6. The van der Waals surface area contributed by atoms with E-state index in [4.69, 9.17) is 0 Å². The third-order valence-corrected chi connectivity index (χ3v) is 8.13. The lowest BCUT2D eigenvalue weighted by atomic mass is 9.62. The summed E-state index contributed by atoms with van der Waals surface area (Å²) < 4.78 is 0. The average molecular weight is 365 g/mol. The zero-order chi connectivity index (χ0) is 18.7. The summed E-state index contributed by atoms with van der Waals surface area (Å²) in [5.74, 6) is 1.03. The van der Waals surface area contributed by atoms with E-state index in [1.165, 1.54) is 40.0 Å². The Morgan fingerprint density at radius 1 is 0.846 bits per heavy atom. The van der Waals surface area contributed by atoms with Crippen LogP contribution in [-0.4, -0.2) is 12.0 Å². The highest BCUT2D eigenvalue weighted by Gasteiger charge is 2.41. The van der Waals surface area contributed by atoms with E-state index in [9.17, 15) is 4.79 Å². The van der Waals surface area contributed by atoms with Crippen molar-refractivity contribution in [2.24, 2.45) is 0 Å². The van der Waals surface area contributed by atoms with E-state index in [0.29, 0.717) is 0 Å². The first kappa shape index (κ1) is 17.9. The number of fused-ring (bicyclic) bond motifs is 2. The van der Waals surface area contributed by atoms with Crippen LogP contribution in [-0.2, 0) is 16.2 Å². The molecule has 0 radical (unpaired) electrons. The first-order chi connectivity index (χ1) is 12.2. The smallest absolute Gasteiger partial charge is 0.150 e. The van der Waals surface area contributed by atoms with Gasteiger partial charge in [-0.2, -0.15) is 0 Å². The number of carbonyl (C=O) groups excluding carboxylic acids is 1. The zero-order valence-electron chi connectivity index (χ0n) is 16.5. The van der Waals surface area contributed by atoms with E-state index >= 15 is 0 Å². The van der Waals surface area contributed by atoms with Gasteiger partial charge in [-0.3, -0.25) is 4.79 Å². The van der Waals surface area contributed by atoms with Crippen LogP contribution >= 0.6 is 11.8 Å². The van der Waals surface area contributed by atoms with Gasteiger partial charge in [0.25, 0.3) is 0 Å². The van der Waals surface area contributed by atoms with Crippen LogP contribution in [0.1, 0.15) is 80.1 Å². The van der Waals surface area contributed by atoms with Crippen molar-refractivity contribution in [3.05, 3.63) is 64.2 Å². The molecule has 1 nitrogen and oxygen atoms in total. The van der Waals surface area contributed by atoms with Crippen molar-refractivity contribution in [2.45, 2.75) is 68.6 Å². The molecule has 136 valence electrons. The van der Waals surface area contributed by atoms with Gasteiger partial charge in [0.05, 0.1) is 0 Å². The molecule has 2 aromatic rings. The summed E-state index contributed by atoms with van der Waals surface area (Å²) >= 11 is 1.91. The zero-order valence-corrected chi connectivity index (χ0v) is 17.3. The number of aldehydes is 1. The molecule has 0 aromatic heterocycles. The molecular weight excluding hydrogens is 336 g/mol. The monoisotopic (exact) mass is 364 g/mol. The molecular formula is C24H28OS. The summed E-state index contributed by atoms with van der Waals surface area (Å²) in [5.41, 5.74) is 6.92. The molecule has 26 heavy (non-hydrogen) atoms.